The van der Waals surface area contributed by atoms with Crippen LogP contribution in [0.2, 0.25) is 0 Å². The standard InChI is InChI=1S/C16H21NO4/c1-2-16(15(20)21)7-9-17(10-8-16)14(19)11-12-3-5-13(18)6-4-12/h3-6,18H,2,7-11H2,1H3,(H,20,21). The van der Waals surface area contributed by atoms with Gasteiger partial charge < -0.3 is 15.1 Å². The Morgan fingerprint density at radius 3 is 2.24 bits per heavy atom. The number of benzene rings is 1. The van der Waals surface area contributed by atoms with Gasteiger partial charge in [-0.1, -0.05) is 19.1 Å². The zero-order valence-electron chi connectivity index (χ0n) is 12.2. The Labute approximate surface area is 124 Å². The molecule has 1 aromatic carbocycles. The molecular weight excluding hydrogens is 270 g/mol. The second-order valence-electron chi connectivity index (χ2n) is 5.66. The summed E-state index contributed by atoms with van der Waals surface area (Å²) >= 11 is 0. The van der Waals surface area contributed by atoms with E-state index in [0.29, 0.717) is 32.4 Å². The normalized spacial score (nSPS) is 17.5. The van der Waals surface area contributed by atoms with Crippen molar-refractivity contribution in [3.05, 3.63) is 29.8 Å². The van der Waals surface area contributed by atoms with Crippen LogP contribution in [0.5, 0.6) is 5.75 Å². The minimum Gasteiger partial charge on any atom is -0.508 e. The fourth-order valence-electron chi connectivity index (χ4n) is 2.80. The number of carboxylic acids is 1. The molecule has 0 saturated carbocycles. The largest absolute Gasteiger partial charge is 0.508 e. The highest BCUT2D eigenvalue weighted by atomic mass is 16.4. The minimum absolute atomic E-state index is 0.00998. The van der Waals surface area contributed by atoms with Crippen molar-refractivity contribution in [3.8, 4) is 5.75 Å². The molecule has 0 radical (unpaired) electrons. The monoisotopic (exact) mass is 291 g/mol. The molecule has 0 unspecified atom stereocenters. The molecule has 1 aliphatic heterocycles. The first-order valence-electron chi connectivity index (χ1n) is 7.26. The number of carbonyl (C=O) groups excluding carboxylic acids is 1. The van der Waals surface area contributed by atoms with E-state index in [2.05, 4.69) is 0 Å². The van der Waals surface area contributed by atoms with Crippen molar-refractivity contribution < 1.29 is 19.8 Å². The van der Waals surface area contributed by atoms with E-state index in [1.807, 2.05) is 6.92 Å². The van der Waals surface area contributed by atoms with E-state index in [4.69, 9.17) is 0 Å². The summed E-state index contributed by atoms with van der Waals surface area (Å²) in [6, 6.07) is 6.58. The number of hydrogen-bond donors (Lipinski definition) is 2. The number of aliphatic carboxylic acids is 1. The fraction of sp³-hybridized carbons (Fsp3) is 0.500. The lowest BCUT2D eigenvalue weighted by atomic mass is 9.76. The fourth-order valence-corrected chi connectivity index (χ4v) is 2.80. The summed E-state index contributed by atoms with van der Waals surface area (Å²) in [4.78, 5) is 25.4. The lowest BCUT2D eigenvalue weighted by Gasteiger charge is -2.38. The number of amides is 1. The maximum atomic E-state index is 12.2. The van der Waals surface area contributed by atoms with Crippen molar-refractivity contribution in [1.82, 2.24) is 4.90 Å². The summed E-state index contributed by atoms with van der Waals surface area (Å²) in [5.41, 5.74) is 0.179. The van der Waals surface area contributed by atoms with Crippen LogP contribution in [-0.4, -0.2) is 40.1 Å². The van der Waals surface area contributed by atoms with Crippen molar-refractivity contribution in [2.75, 3.05) is 13.1 Å². The molecular formula is C16H21NO4. The minimum atomic E-state index is -0.754. The predicted octanol–water partition coefficient (Wildman–Crippen LogP) is 2.04. The molecule has 2 N–H and O–H groups in total. The third-order valence-electron chi connectivity index (χ3n) is 4.50. The Morgan fingerprint density at radius 1 is 1.19 bits per heavy atom. The molecule has 1 aromatic rings. The quantitative estimate of drug-likeness (QED) is 0.890. The van der Waals surface area contributed by atoms with Crippen LogP contribution in [0.3, 0.4) is 0 Å². The van der Waals surface area contributed by atoms with E-state index in [0.717, 1.165) is 5.56 Å². The third-order valence-corrected chi connectivity index (χ3v) is 4.50. The number of carboxylic acid groups (broad SMARTS) is 1. The van der Waals surface area contributed by atoms with Crippen LogP contribution in [0.15, 0.2) is 24.3 Å². The van der Waals surface area contributed by atoms with Gasteiger partial charge in [-0.05, 0) is 37.0 Å². The summed E-state index contributed by atoms with van der Waals surface area (Å²) in [5.74, 6) is -0.565. The van der Waals surface area contributed by atoms with Gasteiger partial charge in [0.25, 0.3) is 0 Å². The molecule has 1 saturated heterocycles. The molecule has 1 aliphatic rings. The first kappa shape index (κ1) is 15.4. The number of likely N-dealkylation sites (tertiary alicyclic amines) is 1. The van der Waals surface area contributed by atoms with Gasteiger partial charge in [-0.2, -0.15) is 0 Å². The van der Waals surface area contributed by atoms with Gasteiger partial charge in [-0.15, -0.1) is 0 Å². The summed E-state index contributed by atoms with van der Waals surface area (Å²) in [6.07, 6.45) is 1.91. The van der Waals surface area contributed by atoms with Crippen molar-refractivity contribution in [2.45, 2.75) is 32.6 Å². The second kappa shape index (κ2) is 6.16. The molecule has 2 rings (SSSR count). The first-order valence-corrected chi connectivity index (χ1v) is 7.26. The van der Waals surface area contributed by atoms with Crippen molar-refractivity contribution >= 4 is 11.9 Å². The molecule has 0 bridgehead atoms. The Kier molecular flexibility index (Phi) is 4.50. The molecule has 5 nitrogen and oxygen atoms in total. The van der Waals surface area contributed by atoms with Crippen LogP contribution in [-0.2, 0) is 16.0 Å². The molecule has 1 heterocycles. The van der Waals surface area contributed by atoms with Crippen LogP contribution in [0.4, 0.5) is 0 Å². The molecule has 0 aliphatic carbocycles. The van der Waals surface area contributed by atoms with Crippen molar-refractivity contribution in [1.29, 1.82) is 0 Å². The SMILES string of the molecule is CCC1(C(=O)O)CCN(C(=O)Cc2ccc(O)cc2)CC1. The smallest absolute Gasteiger partial charge is 0.309 e. The topological polar surface area (TPSA) is 77.8 Å². The van der Waals surface area contributed by atoms with E-state index in [1.54, 1.807) is 29.2 Å². The summed E-state index contributed by atoms with van der Waals surface area (Å²) in [5, 5.41) is 18.6. The molecule has 1 amide bonds. The van der Waals surface area contributed by atoms with Gasteiger partial charge in [0.05, 0.1) is 11.8 Å². The van der Waals surface area contributed by atoms with Crippen LogP contribution in [0, 0.1) is 5.41 Å². The zero-order chi connectivity index (χ0) is 15.5. The van der Waals surface area contributed by atoms with Gasteiger partial charge in [0.1, 0.15) is 5.75 Å². The lowest BCUT2D eigenvalue weighted by molar-refractivity contribution is -0.154. The van der Waals surface area contributed by atoms with Gasteiger partial charge in [0.15, 0.2) is 0 Å². The van der Waals surface area contributed by atoms with Crippen LogP contribution < -0.4 is 0 Å². The van der Waals surface area contributed by atoms with E-state index < -0.39 is 11.4 Å². The average Bonchev–Trinajstić information content (AvgIpc) is 2.49. The number of phenolic OH excluding ortho intramolecular Hbond substituents is 1. The van der Waals surface area contributed by atoms with Gasteiger partial charge in [0.2, 0.25) is 5.91 Å². The van der Waals surface area contributed by atoms with Gasteiger partial charge in [-0.25, -0.2) is 0 Å². The second-order valence-corrected chi connectivity index (χ2v) is 5.66. The van der Waals surface area contributed by atoms with Crippen molar-refractivity contribution in [2.24, 2.45) is 5.41 Å². The highest BCUT2D eigenvalue weighted by Gasteiger charge is 2.40. The third kappa shape index (κ3) is 3.35. The summed E-state index contributed by atoms with van der Waals surface area (Å²) < 4.78 is 0. The maximum absolute atomic E-state index is 12.2. The molecule has 114 valence electrons. The van der Waals surface area contributed by atoms with Crippen LogP contribution >= 0.6 is 0 Å². The number of phenols is 1. The number of carbonyl (C=O) groups is 2. The Balaban J connectivity index is 1.94. The number of aromatic hydroxyl groups is 1. The summed E-state index contributed by atoms with van der Waals surface area (Å²) in [7, 11) is 0. The Morgan fingerprint density at radius 2 is 1.76 bits per heavy atom. The van der Waals surface area contributed by atoms with Crippen molar-refractivity contribution in [3.63, 3.8) is 0 Å². The lowest BCUT2D eigenvalue weighted by Crippen LogP contribution is -2.46. The number of piperidine rings is 1. The van der Waals surface area contributed by atoms with E-state index in [1.165, 1.54) is 0 Å². The van der Waals surface area contributed by atoms with E-state index in [-0.39, 0.29) is 18.1 Å². The average molecular weight is 291 g/mol. The van der Waals surface area contributed by atoms with E-state index >= 15 is 0 Å². The zero-order valence-corrected chi connectivity index (χ0v) is 12.2. The first-order chi connectivity index (χ1) is 9.97. The molecule has 0 aromatic heterocycles. The van der Waals surface area contributed by atoms with Crippen LogP contribution in [0.25, 0.3) is 0 Å². The highest BCUT2D eigenvalue weighted by Crippen LogP contribution is 2.35. The van der Waals surface area contributed by atoms with E-state index in [9.17, 15) is 19.8 Å². The molecule has 21 heavy (non-hydrogen) atoms. The van der Waals surface area contributed by atoms with Gasteiger partial charge in [0, 0.05) is 13.1 Å². The summed E-state index contributed by atoms with van der Waals surface area (Å²) in [6.45, 7) is 2.89. The predicted molar refractivity (Wildman–Crippen MR) is 78.0 cm³/mol. The maximum Gasteiger partial charge on any atom is 0.309 e. The van der Waals surface area contributed by atoms with Gasteiger partial charge in [-0.3, -0.25) is 9.59 Å². The molecule has 5 heteroatoms. The van der Waals surface area contributed by atoms with Crippen LogP contribution in [0.1, 0.15) is 31.7 Å². The Bertz CT molecular complexity index is 516. The number of hydrogen-bond acceptors (Lipinski definition) is 3. The molecule has 0 spiro atoms. The number of nitrogens with zero attached hydrogens (tertiary/aromatic N) is 1. The highest BCUT2D eigenvalue weighted by molar-refractivity contribution is 5.80. The Hall–Kier alpha value is -2.04. The number of rotatable bonds is 4. The molecule has 1 fully saturated rings. The molecule has 0 atom stereocenters. The van der Waals surface area contributed by atoms with Gasteiger partial charge >= 0.3 is 5.97 Å².